The molecule has 1 amide bonds. The van der Waals surface area contributed by atoms with Gasteiger partial charge < -0.3 is 29.4 Å². The molecule has 7 nitrogen and oxygen atoms in total. The average Bonchev–Trinajstić information content (AvgIpc) is 3.76. The molecule has 1 aromatic rings. The first-order chi connectivity index (χ1) is 19.5. The molecule has 40 heavy (non-hydrogen) atoms. The maximum atomic E-state index is 12.7. The van der Waals surface area contributed by atoms with E-state index in [0.29, 0.717) is 12.8 Å². The van der Waals surface area contributed by atoms with Crippen LogP contribution in [0.1, 0.15) is 109 Å². The molecule has 2 fully saturated rings. The van der Waals surface area contributed by atoms with E-state index in [4.69, 9.17) is 18.9 Å². The van der Waals surface area contributed by atoms with Gasteiger partial charge in [0.05, 0.1) is 26.4 Å². The SMILES string of the molecule is CCCCCCCCCCCCCCCC(=O)N[C@@H]1CO[C@@]2(OCc3ccc(OC)cc3)C=C[C@H]3O[C@H]3[C@@]2(O)C1. The summed E-state index contributed by atoms with van der Waals surface area (Å²) in [6.45, 7) is 2.81. The van der Waals surface area contributed by atoms with E-state index in [1.54, 1.807) is 13.2 Å². The fourth-order valence-electron chi connectivity index (χ4n) is 6.13. The van der Waals surface area contributed by atoms with Gasteiger partial charge >= 0.3 is 0 Å². The Balaban J connectivity index is 1.12. The second-order valence-corrected chi connectivity index (χ2v) is 11.9. The first-order valence-electron chi connectivity index (χ1n) is 15.8. The number of carbonyl (C=O) groups is 1. The molecule has 0 spiro atoms. The molecule has 0 saturated carbocycles. The van der Waals surface area contributed by atoms with Crippen molar-refractivity contribution in [3.8, 4) is 5.75 Å². The maximum absolute atomic E-state index is 12.7. The number of ether oxygens (including phenoxy) is 4. The van der Waals surface area contributed by atoms with E-state index < -0.39 is 17.5 Å². The van der Waals surface area contributed by atoms with Gasteiger partial charge in [-0.3, -0.25) is 4.79 Å². The predicted molar refractivity (Wildman–Crippen MR) is 156 cm³/mol. The van der Waals surface area contributed by atoms with Crippen LogP contribution in [0, 0.1) is 0 Å². The summed E-state index contributed by atoms with van der Waals surface area (Å²) in [7, 11) is 1.63. The zero-order chi connectivity index (χ0) is 28.3. The van der Waals surface area contributed by atoms with Crippen LogP contribution in [-0.4, -0.2) is 54.4 Å². The second kappa shape index (κ2) is 15.3. The normalized spacial score (nSPS) is 28.5. The van der Waals surface area contributed by atoms with E-state index in [2.05, 4.69) is 12.2 Å². The Kier molecular flexibility index (Phi) is 11.9. The minimum Gasteiger partial charge on any atom is -0.497 e. The number of epoxide rings is 1. The third kappa shape index (κ3) is 8.31. The van der Waals surface area contributed by atoms with Gasteiger partial charge in [-0.05, 0) is 30.2 Å². The number of unbranched alkanes of at least 4 members (excludes halogenated alkanes) is 12. The Hall–Kier alpha value is -1.93. The van der Waals surface area contributed by atoms with Crippen LogP contribution in [0.4, 0.5) is 0 Å². The average molecular weight is 558 g/mol. The molecule has 2 heterocycles. The molecule has 0 radical (unpaired) electrons. The van der Waals surface area contributed by atoms with Crippen LogP contribution < -0.4 is 10.1 Å². The molecular formula is C33H51NO6. The number of rotatable bonds is 19. The number of carbonyl (C=O) groups excluding carboxylic acids is 1. The molecular weight excluding hydrogens is 506 g/mol. The van der Waals surface area contributed by atoms with Crippen LogP contribution in [-0.2, 0) is 25.6 Å². The summed E-state index contributed by atoms with van der Waals surface area (Å²) in [5.41, 5.74) is -0.425. The molecule has 2 N–H and O–H groups in total. The van der Waals surface area contributed by atoms with Gasteiger partial charge in [0.25, 0.3) is 0 Å². The third-order valence-electron chi connectivity index (χ3n) is 8.65. The van der Waals surface area contributed by atoms with Gasteiger partial charge in [0.15, 0.2) is 5.60 Å². The highest BCUT2D eigenvalue weighted by molar-refractivity contribution is 5.76. The summed E-state index contributed by atoms with van der Waals surface area (Å²) in [5, 5.41) is 14.9. The van der Waals surface area contributed by atoms with Gasteiger partial charge in [-0.2, -0.15) is 0 Å². The Morgan fingerprint density at radius 1 is 0.975 bits per heavy atom. The van der Waals surface area contributed by atoms with Crippen LogP contribution in [0.15, 0.2) is 36.4 Å². The summed E-state index contributed by atoms with van der Waals surface area (Å²) in [4.78, 5) is 12.7. The monoisotopic (exact) mass is 557 g/mol. The lowest BCUT2D eigenvalue weighted by molar-refractivity contribution is -0.328. The van der Waals surface area contributed by atoms with Crippen LogP contribution in [0.3, 0.4) is 0 Å². The van der Waals surface area contributed by atoms with Crippen molar-refractivity contribution in [1.82, 2.24) is 5.32 Å². The Morgan fingerprint density at radius 3 is 2.23 bits per heavy atom. The van der Waals surface area contributed by atoms with Crippen molar-refractivity contribution in [2.24, 2.45) is 0 Å². The topological polar surface area (TPSA) is 89.6 Å². The lowest BCUT2D eigenvalue weighted by Gasteiger charge is -2.50. The first-order valence-corrected chi connectivity index (χ1v) is 15.8. The maximum Gasteiger partial charge on any atom is 0.220 e. The molecule has 0 aromatic heterocycles. The molecule has 1 aliphatic carbocycles. The Labute approximate surface area is 241 Å². The van der Waals surface area contributed by atoms with Crippen molar-refractivity contribution in [1.29, 1.82) is 0 Å². The predicted octanol–water partition coefficient (Wildman–Crippen LogP) is 6.36. The highest BCUT2D eigenvalue weighted by Crippen LogP contribution is 2.51. The Morgan fingerprint density at radius 2 is 1.60 bits per heavy atom. The minimum absolute atomic E-state index is 0.0199. The zero-order valence-corrected chi connectivity index (χ0v) is 24.7. The van der Waals surface area contributed by atoms with E-state index in [-0.39, 0.29) is 31.3 Å². The highest BCUT2D eigenvalue weighted by Gasteiger charge is 2.69. The van der Waals surface area contributed by atoms with Gasteiger partial charge in [0, 0.05) is 12.8 Å². The molecule has 224 valence electrons. The fourth-order valence-corrected chi connectivity index (χ4v) is 6.13. The first kappa shape index (κ1) is 31.0. The molecule has 2 saturated heterocycles. The van der Waals surface area contributed by atoms with Crippen molar-refractivity contribution in [3.05, 3.63) is 42.0 Å². The summed E-state index contributed by atoms with van der Waals surface area (Å²) in [6, 6.07) is 7.33. The largest absolute Gasteiger partial charge is 0.497 e. The van der Waals surface area contributed by atoms with Gasteiger partial charge in [-0.25, -0.2) is 0 Å². The lowest BCUT2D eigenvalue weighted by Crippen LogP contribution is -2.68. The van der Waals surface area contributed by atoms with Crippen LogP contribution in [0.2, 0.25) is 0 Å². The number of nitrogens with one attached hydrogen (secondary N) is 1. The van der Waals surface area contributed by atoms with E-state index in [1.807, 2.05) is 30.3 Å². The summed E-state index contributed by atoms with van der Waals surface area (Å²) in [6.07, 6.45) is 20.7. The third-order valence-corrected chi connectivity index (χ3v) is 8.65. The zero-order valence-electron chi connectivity index (χ0n) is 24.7. The lowest BCUT2D eigenvalue weighted by atomic mass is 9.76. The van der Waals surface area contributed by atoms with Crippen molar-refractivity contribution < 1.29 is 28.8 Å². The van der Waals surface area contributed by atoms with Gasteiger partial charge in [0.1, 0.15) is 18.0 Å². The van der Waals surface area contributed by atoms with E-state index in [9.17, 15) is 9.90 Å². The van der Waals surface area contributed by atoms with E-state index >= 15 is 0 Å². The molecule has 5 atom stereocenters. The molecule has 3 aliphatic rings. The number of benzene rings is 1. The molecule has 0 bridgehead atoms. The highest BCUT2D eigenvalue weighted by atomic mass is 16.7. The quantitative estimate of drug-likeness (QED) is 0.117. The standard InChI is InChI=1S/C33H51NO6/c1-3-4-5-6-7-8-9-10-11-12-13-14-15-16-30(35)34-27-23-32(36)31-29(40-31)21-22-33(32,39-25-27)38-24-26-17-19-28(37-2)20-18-26/h17-22,27,29,31,36H,3-16,23-25H2,1-2H3,(H,34,35)/t27-,29+,31+,32-,33-/m0/s1. The Bertz CT molecular complexity index is 935. The second-order valence-electron chi connectivity index (χ2n) is 11.9. The number of aliphatic hydroxyl groups is 1. The number of hydrogen-bond donors (Lipinski definition) is 2. The van der Waals surface area contributed by atoms with Crippen LogP contribution in [0.5, 0.6) is 5.75 Å². The van der Waals surface area contributed by atoms with Crippen LogP contribution in [0.25, 0.3) is 0 Å². The minimum atomic E-state index is -1.37. The summed E-state index contributed by atoms with van der Waals surface area (Å²) in [5.74, 6) is -0.510. The fraction of sp³-hybridized carbons (Fsp3) is 0.727. The van der Waals surface area contributed by atoms with Crippen molar-refractivity contribution in [2.45, 2.75) is 139 Å². The van der Waals surface area contributed by atoms with Gasteiger partial charge in [-0.1, -0.05) is 102 Å². The molecule has 4 rings (SSSR count). The number of amides is 1. The van der Waals surface area contributed by atoms with Gasteiger partial charge in [-0.15, -0.1) is 0 Å². The smallest absolute Gasteiger partial charge is 0.220 e. The summed E-state index contributed by atoms with van der Waals surface area (Å²) >= 11 is 0. The van der Waals surface area contributed by atoms with Crippen molar-refractivity contribution >= 4 is 5.91 Å². The molecule has 2 aliphatic heterocycles. The van der Waals surface area contributed by atoms with Crippen molar-refractivity contribution in [3.63, 3.8) is 0 Å². The molecule has 7 heteroatoms. The number of fused-ring (bicyclic) bond motifs is 3. The van der Waals surface area contributed by atoms with Gasteiger partial charge in [0.2, 0.25) is 11.7 Å². The summed E-state index contributed by atoms with van der Waals surface area (Å²) < 4.78 is 23.4. The van der Waals surface area contributed by atoms with Crippen LogP contribution >= 0.6 is 0 Å². The molecule has 0 unspecified atom stereocenters. The molecule has 1 aromatic carbocycles. The number of hydrogen-bond acceptors (Lipinski definition) is 6. The van der Waals surface area contributed by atoms with E-state index in [0.717, 1.165) is 24.2 Å². The van der Waals surface area contributed by atoms with Crippen molar-refractivity contribution in [2.75, 3.05) is 13.7 Å². The number of methoxy groups -OCH3 is 1. The van der Waals surface area contributed by atoms with E-state index in [1.165, 1.54) is 70.6 Å².